The smallest absolute Gasteiger partial charge is 0.222 e. The van der Waals surface area contributed by atoms with Gasteiger partial charge in [0.1, 0.15) is 5.75 Å². The van der Waals surface area contributed by atoms with Crippen LogP contribution in [0.1, 0.15) is 18.4 Å². The van der Waals surface area contributed by atoms with Crippen molar-refractivity contribution < 1.29 is 9.53 Å². The maximum absolute atomic E-state index is 12.5. The largest absolute Gasteiger partial charge is 0.494 e. The number of hydrogen-bond acceptors (Lipinski definition) is 3. The van der Waals surface area contributed by atoms with Crippen LogP contribution in [0, 0.1) is 0 Å². The second kappa shape index (κ2) is 7.18. The molecule has 2 aromatic rings. The van der Waals surface area contributed by atoms with E-state index in [0.717, 1.165) is 38.2 Å². The van der Waals surface area contributed by atoms with Crippen molar-refractivity contribution in [1.29, 1.82) is 0 Å². The molecule has 0 spiro atoms. The van der Waals surface area contributed by atoms with Crippen molar-refractivity contribution in [2.45, 2.75) is 25.3 Å². The first-order valence-electron chi connectivity index (χ1n) is 9.11. The lowest BCUT2D eigenvalue weighted by atomic mass is 10.1. The van der Waals surface area contributed by atoms with Crippen molar-refractivity contribution in [3.05, 3.63) is 60.2 Å². The fourth-order valence-corrected chi connectivity index (χ4v) is 3.88. The molecule has 0 saturated carbocycles. The molecule has 1 unspecified atom stereocenters. The Labute approximate surface area is 149 Å². The van der Waals surface area contributed by atoms with Crippen molar-refractivity contribution in [1.82, 2.24) is 4.90 Å². The second-order valence-corrected chi connectivity index (χ2v) is 6.78. The number of hydrogen-bond donors (Lipinski definition) is 0. The van der Waals surface area contributed by atoms with E-state index in [2.05, 4.69) is 29.2 Å². The molecular formula is C21H24N2O2. The van der Waals surface area contributed by atoms with Gasteiger partial charge in [-0.3, -0.25) is 4.79 Å². The summed E-state index contributed by atoms with van der Waals surface area (Å²) in [6.07, 6.45) is 2.38. The Morgan fingerprint density at radius 3 is 2.72 bits per heavy atom. The number of fused-ring (bicyclic) bond motifs is 3. The third kappa shape index (κ3) is 3.48. The highest BCUT2D eigenvalue weighted by Gasteiger charge is 2.34. The summed E-state index contributed by atoms with van der Waals surface area (Å²) in [5.41, 5.74) is 2.77. The van der Waals surface area contributed by atoms with Crippen molar-refractivity contribution in [2.24, 2.45) is 0 Å². The summed E-state index contributed by atoms with van der Waals surface area (Å²) in [6, 6.07) is 18.8. The summed E-state index contributed by atoms with van der Waals surface area (Å²) in [4.78, 5) is 17.0. The normalized spacial score (nSPS) is 18.6. The van der Waals surface area contributed by atoms with Crippen LogP contribution in [0.4, 0.5) is 5.69 Å². The van der Waals surface area contributed by atoms with Crippen molar-refractivity contribution >= 4 is 11.6 Å². The second-order valence-electron chi connectivity index (χ2n) is 6.78. The van der Waals surface area contributed by atoms with E-state index in [1.54, 1.807) is 0 Å². The quantitative estimate of drug-likeness (QED) is 0.787. The maximum Gasteiger partial charge on any atom is 0.222 e. The number of carbonyl (C=O) groups is 1. The lowest BCUT2D eigenvalue weighted by Crippen LogP contribution is -2.53. The Kier molecular flexibility index (Phi) is 4.59. The number of rotatable bonds is 5. The minimum absolute atomic E-state index is 0.257. The zero-order valence-electron chi connectivity index (χ0n) is 14.4. The van der Waals surface area contributed by atoms with Crippen LogP contribution in [-0.4, -0.2) is 43.1 Å². The molecule has 4 rings (SSSR count). The number of para-hydroxylation sites is 2. The molecule has 2 aliphatic rings. The molecule has 0 N–H and O–H groups in total. The molecule has 4 heteroatoms. The van der Waals surface area contributed by atoms with E-state index in [0.29, 0.717) is 19.1 Å². The molecule has 1 fully saturated rings. The van der Waals surface area contributed by atoms with Gasteiger partial charge < -0.3 is 14.5 Å². The van der Waals surface area contributed by atoms with E-state index < -0.39 is 0 Å². The standard InChI is InChI=1S/C21H24N2O2/c24-21(11-6-14-25-19-8-2-1-3-9-19)22-12-13-23-18(16-22)15-17-7-4-5-10-20(17)23/h1-5,7-10,18H,6,11-16H2. The number of benzene rings is 2. The summed E-state index contributed by atoms with van der Waals surface area (Å²) in [7, 11) is 0. The molecule has 2 aliphatic heterocycles. The Morgan fingerprint density at radius 2 is 1.84 bits per heavy atom. The van der Waals surface area contributed by atoms with Gasteiger partial charge in [-0.25, -0.2) is 0 Å². The van der Waals surface area contributed by atoms with Gasteiger partial charge in [-0.2, -0.15) is 0 Å². The highest BCUT2D eigenvalue weighted by atomic mass is 16.5. The average molecular weight is 336 g/mol. The van der Waals surface area contributed by atoms with Gasteiger partial charge in [-0.1, -0.05) is 36.4 Å². The maximum atomic E-state index is 12.5. The molecule has 4 nitrogen and oxygen atoms in total. The zero-order valence-corrected chi connectivity index (χ0v) is 14.4. The SMILES string of the molecule is O=C(CCCOc1ccccc1)N1CCN2c3ccccc3CC2C1. The molecule has 1 saturated heterocycles. The zero-order chi connectivity index (χ0) is 17.1. The highest BCUT2D eigenvalue weighted by molar-refractivity contribution is 5.77. The number of anilines is 1. The fraction of sp³-hybridized carbons (Fsp3) is 0.381. The molecular weight excluding hydrogens is 312 g/mol. The van der Waals surface area contributed by atoms with Crippen LogP contribution in [0.5, 0.6) is 5.75 Å². The Hall–Kier alpha value is -2.49. The van der Waals surface area contributed by atoms with E-state index in [1.165, 1.54) is 11.3 Å². The highest BCUT2D eigenvalue weighted by Crippen LogP contribution is 2.33. The van der Waals surface area contributed by atoms with E-state index in [9.17, 15) is 4.79 Å². The number of amides is 1. The number of ether oxygens (including phenoxy) is 1. The van der Waals surface area contributed by atoms with Crippen LogP contribution in [0.2, 0.25) is 0 Å². The number of nitrogens with zero attached hydrogens (tertiary/aromatic N) is 2. The Balaban J connectivity index is 1.24. The average Bonchev–Trinajstić information content (AvgIpc) is 3.03. The van der Waals surface area contributed by atoms with Crippen LogP contribution >= 0.6 is 0 Å². The molecule has 1 amide bonds. The van der Waals surface area contributed by atoms with Gasteiger partial charge in [-0.05, 0) is 36.6 Å². The lowest BCUT2D eigenvalue weighted by molar-refractivity contribution is -0.132. The van der Waals surface area contributed by atoms with Gasteiger partial charge in [0.05, 0.1) is 12.6 Å². The summed E-state index contributed by atoms with van der Waals surface area (Å²) in [6.45, 7) is 3.19. The third-order valence-corrected chi connectivity index (χ3v) is 5.14. The lowest BCUT2D eigenvalue weighted by Gasteiger charge is -2.39. The molecule has 130 valence electrons. The van der Waals surface area contributed by atoms with Gasteiger partial charge in [0.15, 0.2) is 0 Å². The van der Waals surface area contributed by atoms with Gasteiger partial charge in [0, 0.05) is 31.7 Å². The van der Waals surface area contributed by atoms with E-state index in [-0.39, 0.29) is 5.91 Å². The molecule has 0 aliphatic carbocycles. The van der Waals surface area contributed by atoms with Gasteiger partial charge >= 0.3 is 0 Å². The molecule has 2 aromatic carbocycles. The minimum Gasteiger partial charge on any atom is -0.494 e. The van der Waals surface area contributed by atoms with E-state index in [1.807, 2.05) is 35.2 Å². The van der Waals surface area contributed by atoms with Crippen LogP contribution in [0.3, 0.4) is 0 Å². The van der Waals surface area contributed by atoms with Crippen molar-refractivity contribution in [2.75, 3.05) is 31.1 Å². The first kappa shape index (κ1) is 16.0. The Morgan fingerprint density at radius 1 is 1.04 bits per heavy atom. The molecule has 0 aromatic heterocycles. The summed E-state index contributed by atoms with van der Waals surface area (Å²) < 4.78 is 5.68. The number of piperazine rings is 1. The number of carbonyl (C=O) groups excluding carboxylic acids is 1. The predicted octanol–water partition coefficient (Wildman–Crippen LogP) is 3.12. The van der Waals surface area contributed by atoms with Gasteiger partial charge in [0.2, 0.25) is 5.91 Å². The van der Waals surface area contributed by atoms with Crippen LogP contribution in [0.15, 0.2) is 54.6 Å². The summed E-state index contributed by atoms with van der Waals surface area (Å²) >= 11 is 0. The fourth-order valence-electron chi connectivity index (χ4n) is 3.88. The summed E-state index contributed by atoms with van der Waals surface area (Å²) in [5, 5.41) is 0. The summed E-state index contributed by atoms with van der Waals surface area (Å²) in [5.74, 6) is 1.12. The van der Waals surface area contributed by atoms with Crippen LogP contribution in [0.25, 0.3) is 0 Å². The monoisotopic (exact) mass is 336 g/mol. The van der Waals surface area contributed by atoms with E-state index in [4.69, 9.17) is 4.74 Å². The van der Waals surface area contributed by atoms with Crippen LogP contribution in [-0.2, 0) is 11.2 Å². The van der Waals surface area contributed by atoms with Gasteiger partial charge in [-0.15, -0.1) is 0 Å². The van der Waals surface area contributed by atoms with Crippen LogP contribution < -0.4 is 9.64 Å². The van der Waals surface area contributed by atoms with Crippen molar-refractivity contribution in [3.8, 4) is 5.75 Å². The first-order valence-corrected chi connectivity index (χ1v) is 9.11. The Bertz CT molecular complexity index is 732. The molecule has 25 heavy (non-hydrogen) atoms. The van der Waals surface area contributed by atoms with Gasteiger partial charge in [0.25, 0.3) is 0 Å². The van der Waals surface area contributed by atoms with E-state index >= 15 is 0 Å². The topological polar surface area (TPSA) is 32.8 Å². The molecule has 2 heterocycles. The molecule has 0 bridgehead atoms. The molecule has 1 atom stereocenters. The van der Waals surface area contributed by atoms with Crippen molar-refractivity contribution in [3.63, 3.8) is 0 Å². The third-order valence-electron chi connectivity index (χ3n) is 5.14. The first-order chi connectivity index (χ1) is 12.3. The predicted molar refractivity (Wildman–Crippen MR) is 99.0 cm³/mol. The molecule has 0 radical (unpaired) electrons. The minimum atomic E-state index is 0.257.